The van der Waals surface area contributed by atoms with Crippen molar-refractivity contribution in [2.45, 2.75) is 82.2 Å². The standard InChI is InChI=1S/C19H29F3O7/c1-10-4-5-14-11(2)18(19(20,21)22,25-9-12(24)8-23)27-15-17(14)13(10)6-7-16(3,26-15)28-29-17/h10-15,23-24H,4-9H2,1-3H3/t10-,11-,12?,13+,14+,15+,16?,17?,18-/m1/s1. The number of rotatable bonds is 4. The van der Waals surface area contributed by atoms with E-state index in [1.165, 1.54) is 6.92 Å². The highest BCUT2D eigenvalue weighted by molar-refractivity contribution is 5.12. The minimum absolute atomic E-state index is 0.0766. The highest BCUT2D eigenvalue weighted by Crippen LogP contribution is 2.64. The van der Waals surface area contributed by atoms with Crippen molar-refractivity contribution in [1.29, 1.82) is 0 Å². The van der Waals surface area contributed by atoms with Crippen LogP contribution in [0.5, 0.6) is 0 Å². The molecule has 5 fully saturated rings. The monoisotopic (exact) mass is 426 g/mol. The van der Waals surface area contributed by atoms with E-state index in [0.29, 0.717) is 19.3 Å². The minimum Gasteiger partial charge on any atom is -0.394 e. The first-order valence-electron chi connectivity index (χ1n) is 10.2. The molecule has 4 aliphatic heterocycles. The molecule has 1 saturated carbocycles. The van der Waals surface area contributed by atoms with Gasteiger partial charge in [-0.25, -0.2) is 9.78 Å². The maximum Gasteiger partial charge on any atom is 0.443 e. The molecule has 2 N–H and O–H groups in total. The second kappa shape index (κ2) is 7.01. The van der Waals surface area contributed by atoms with Crippen LogP contribution in [0, 0.1) is 23.7 Å². The van der Waals surface area contributed by atoms with Gasteiger partial charge in [-0.2, -0.15) is 13.2 Å². The van der Waals surface area contributed by atoms with Crippen LogP contribution >= 0.6 is 0 Å². The van der Waals surface area contributed by atoms with Crippen LogP contribution in [0.15, 0.2) is 0 Å². The van der Waals surface area contributed by atoms with Gasteiger partial charge in [-0.05, 0) is 38.0 Å². The van der Waals surface area contributed by atoms with Gasteiger partial charge in [-0.3, -0.25) is 0 Å². The maximum absolute atomic E-state index is 14.4. The smallest absolute Gasteiger partial charge is 0.394 e. The summed E-state index contributed by atoms with van der Waals surface area (Å²) in [7, 11) is 0. The molecular formula is C19H29F3O7. The number of hydrogen-bond acceptors (Lipinski definition) is 7. The molecule has 0 radical (unpaired) electrons. The molecule has 5 aliphatic rings. The van der Waals surface area contributed by atoms with Crippen LogP contribution in [0.4, 0.5) is 13.2 Å². The zero-order valence-electron chi connectivity index (χ0n) is 16.8. The molecule has 1 aliphatic carbocycles. The second-order valence-electron chi connectivity index (χ2n) is 9.13. The molecule has 7 nitrogen and oxygen atoms in total. The summed E-state index contributed by atoms with van der Waals surface area (Å²) in [6, 6.07) is 0. The number of ether oxygens (including phenoxy) is 3. The first-order valence-corrected chi connectivity index (χ1v) is 10.2. The van der Waals surface area contributed by atoms with E-state index in [1.807, 2.05) is 0 Å². The van der Waals surface area contributed by atoms with Gasteiger partial charge in [0.1, 0.15) is 6.10 Å². The number of fused-ring (bicyclic) bond motifs is 2. The Morgan fingerprint density at radius 1 is 1.10 bits per heavy atom. The van der Waals surface area contributed by atoms with Crippen LogP contribution in [-0.4, -0.2) is 59.2 Å². The SMILES string of the molecule is C[C@@H]1CC[C@H]2[C@@H](C)[C@](OCC(O)CO)(C(F)(F)F)O[C@@H]3OC4(C)CC[C@@H]1C32OO4. The van der Waals surface area contributed by atoms with E-state index in [2.05, 4.69) is 6.92 Å². The largest absolute Gasteiger partial charge is 0.443 e. The molecule has 9 atom stereocenters. The average molecular weight is 426 g/mol. The molecule has 0 aromatic heterocycles. The number of hydrogen-bond donors (Lipinski definition) is 2. The third-order valence-corrected chi connectivity index (χ3v) is 7.36. The fourth-order valence-corrected chi connectivity index (χ4v) is 5.76. The lowest BCUT2D eigenvalue weighted by molar-refractivity contribution is -0.599. The van der Waals surface area contributed by atoms with Crippen LogP contribution in [0.1, 0.15) is 46.5 Å². The van der Waals surface area contributed by atoms with Crippen LogP contribution in [-0.2, 0) is 24.0 Å². The van der Waals surface area contributed by atoms with Gasteiger partial charge in [0.25, 0.3) is 5.79 Å². The molecule has 3 unspecified atom stereocenters. The number of halogens is 3. The molecule has 0 amide bonds. The van der Waals surface area contributed by atoms with E-state index < -0.39 is 60.8 Å². The quantitative estimate of drug-likeness (QED) is 0.668. The van der Waals surface area contributed by atoms with Gasteiger partial charge in [-0.15, -0.1) is 0 Å². The Balaban J connectivity index is 1.78. The van der Waals surface area contributed by atoms with Crippen molar-refractivity contribution in [2.24, 2.45) is 23.7 Å². The lowest BCUT2D eigenvalue weighted by Crippen LogP contribution is -2.76. The summed E-state index contributed by atoms with van der Waals surface area (Å²) in [6.07, 6.45) is -5.27. The fraction of sp³-hybridized carbons (Fsp3) is 1.00. The van der Waals surface area contributed by atoms with Crippen LogP contribution < -0.4 is 0 Å². The maximum atomic E-state index is 14.4. The van der Waals surface area contributed by atoms with Gasteiger partial charge in [0.05, 0.1) is 13.2 Å². The van der Waals surface area contributed by atoms with E-state index in [0.717, 1.165) is 6.42 Å². The fourth-order valence-electron chi connectivity index (χ4n) is 5.76. The Kier molecular flexibility index (Phi) is 5.25. The number of aliphatic hydroxyl groups is 2. The summed E-state index contributed by atoms with van der Waals surface area (Å²) in [5, 5.41) is 18.6. The summed E-state index contributed by atoms with van der Waals surface area (Å²) in [5.41, 5.74) is -1.15. The van der Waals surface area contributed by atoms with Gasteiger partial charge in [0.15, 0.2) is 11.9 Å². The molecule has 0 aromatic carbocycles. The van der Waals surface area contributed by atoms with E-state index in [-0.39, 0.29) is 11.8 Å². The van der Waals surface area contributed by atoms with Crippen LogP contribution in [0.3, 0.4) is 0 Å². The van der Waals surface area contributed by atoms with Crippen LogP contribution in [0.25, 0.3) is 0 Å². The van der Waals surface area contributed by atoms with E-state index in [1.54, 1.807) is 6.92 Å². The first-order chi connectivity index (χ1) is 13.5. The Bertz CT molecular complexity index is 633. The summed E-state index contributed by atoms with van der Waals surface area (Å²) < 4.78 is 59.9. The predicted molar refractivity (Wildman–Crippen MR) is 90.9 cm³/mol. The second-order valence-corrected chi connectivity index (χ2v) is 9.13. The Labute approximate surface area is 167 Å². The highest BCUT2D eigenvalue weighted by Gasteiger charge is 2.77. The highest BCUT2D eigenvalue weighted by atomic mass is 19.4. The predicted octanol–water partition coefficient (Wildman–Crippen LogP) is 2.50. The summed E-state index contributed by atoms with van der Waals surface area (Å²) in [6.45, 7) is 3.69. The van der Waals surface area contributed by atoms with Crippen molar-refractivity contribution >= 4 is 0 Å². The summed E-state index contributed by atoms with van der Waals surface area (Å²) in [4.78, 5) is 11.4. The molecule has 29 heavy (non-hydrogen) atoms. The zero-order valence-corrected chi connectivity index (χ0v) is 16.8. The van der Waals surface area contributed by atoms with Crippen molar-refractivity contribution in [3.05, 3.63) is 0 Å². The molecule has 10 heteroatoms. The van der Waals surface area contributed by atoms with E-state index >= 15 is 0 Å². The van der Waals surface area contributed by atoms with Gasteiger partial charge < -0.3 is 24.4 Å². The average Bonchev–Trinajstić information content (AvgIpc) is 2.88. The molecule has 2 bridgehead atoms. The van der Waals surface area contributed by atoms with Gasteiger partial charge in [-0.1, -0.05) is 13.8 Å². The molecule has 0 aromatic rings. The zero-order chi connectivity index (χ0) is 21.2. The third kappa shape index (κ3) is 3.06. The van der Waals surface area contributed by atoms with Gasteiger partial charge >= 0.3 is 6.18 Å². The topological polar surface area (TPSA) is 86.6 Å². The van der Waals surface area contributed by atoms with Crippen molar-refractivity contribution in [3.8, 4) is 0 Å². The summed E-state index contributed by atoms with van der Waals surface area (Å²) >= 11 is 0. The van der Waals surface area contributed by atoms with Gasteiger partial charge in [0, 0.05) is 18.3 Å². The Morgan fingerprint density at radius 2 is 1.83 bits per heavy atom. The van der Waals surface area contributed by atoms with Crippen LogP contribution in [0.2, 0.25) is 0 Å². The molecular weight excluding hydrogens is 397 g/mol. The van der Waals surface area contributed by atoms with E-state index in [9.17, 15) is 18.3 Å². The molecule has 4 heterocycles. The van der Waals surface area contributed by atoms with E-state index in [4.69, 9.17) is 29.1 Å². The Hall–Kier alpha value is -0.490. The van der Waals surface area contributed by atoms with Crippen molar-refractivity contribution in [3.63, 3.8) is 0 Å². The van der Waals surface area contributed by atoms with Crippen molar-refractivity contribution in [2.75, 3.05) is 13.2 Å². The molecule has 1 spiro atoms. The summed E-state index contributed by atoms with van der Waals surface area (Å²) in [5.74, 6) is -5.79. The number of aliphatic hydroxyl groups excluding tert-OH is 2. The molecule has 5 rings (SSSR count). The molecule has 4 saturated heterocycles. The minimum atomic E-state index is -4.89. The number of alkyl halides is 3. The normalized spacial score (nSPS) is 50.7. The lowest BCUT2D eigenvalue weighted by Gasteiger charge is -2.62. The van der Waals surface area contributed by atoms with Gasteiger partial charge in [0.2, 0.25) is 5.79 Å². The first kappa shape index (κ1) is 21.7. The van der Waals surface area contributed by atoms with Crippen molar-refractivity contribution < 1.29 is 47.4 Å². The Morgan fingerprint density at radius 3 is 2.48 bits per heavy atom. The third-order valence-electron chi connectivity index (χ3n) is 7.36. The molecule has 168 valence electrons. The lowest BCUT2D eigenvalue weighted by atomic mass is 9.57. The van der Waals surface area contributed by atoms with Crippen molar-refractivity contribution in [1.82, 2.24) is 0 Å².